The molecule has 0 fully saturated rings. The highest BCUT2D eigenvalue weighted by Gasteiger charge is 2.25. The molecule has 0 amide bonds. The Labute approximate surface area is 181 Å². The lowest BCUT2D eigenvalue weighted by Gasteiger charge is -2.32. The minimum Gasteiger partial charge on any atom is -0.356 e. The van der Waals surface area contributed by atoms with Crippen LogP contribution in [-0.4, -0.2) is 17.6 Å². The molecule has 0 N–H and O–H groups in total. The first-order chi connectivity index (χ1) is 14.4. The summed E-state index contributed by atoms with van der Waals surface area (Å²) in [6, 6.07) is 10.8. The monoisotopic (exact) mass is 398 g/mol. The van der Waals surface area contributed by atoms with E-state index in [4.69, 9.17) is 0 Å². The number of unbranched alkanes of at least 4 members (excludes halogenated alkanes) is 12. The molecule has 1 atom stereocenters. The van der Waals surface area contributed by atoms with Crippen LogP contribution in [0.25, 0.3) is 0 Å². The largest absolute Gasteiger partial charge is 0.356 e. The van der Waals surface area contributed by atoms with Crippen LogP contribution in [-0.2, 0) is 0 Å². The van der Waals surface area contributed by atoms with Crippen molar-refractivity contribution in [2.24, 2.45) is 0 Å². The van der Waals surface area contributed by atoms with Gasteiger partial charge in [0.05, 0.1) is 0 Å². The van der Waals surface area contributed by atoms with Gasteiger partial charge < -0.3 is 9.80 Å². The van der Waals surface area contributed by atoms with Crippen molar-refractivity contribution in [2.45, 2.75) is 116 Å². The van der Waals surface area contributed by atoms with Gasteiger partial charge in [0, 0.05) is 24.6 Å². The number of para-hydroxylation sites is 1. The Morgan fingerprint density at radius 1 is 0.621 bits per heavy atom. The normalized spacial score (nSPS) is 16.1. The summed E-state index contributed by atoms with van der Waals surface area (Å²) in [5.74, 6) is 0. The minimum atomic E-state index is 0.500. The van der Waals surface area contributed by atoms with Crippen molar-refractivity contribution in [1.29, 1.82) is 0 Å². The zero-order valence-corrected chi connectivity index (χ0v) is 19.3. The van der Waals surface area contributed by atoms with E-state index in [2.05, 4.69) is 66.4 Å². The molecule has 1 aromatic carbocycles. The third-order valence-corrected chi connectivity index (χ3v) is 6.24. The summed E-state index contributed by atoms with van der Waals surface area (Å²) in [4.78, 5) is 5.01. The molecule has 0 spiro atoms. The number of nitrogens with zero attached hydrogens (tertiary/aromatic N) is 2. The van der Waals surface area contributed by atoms with Crippen LogP contribution >= 0.6 is 0 Å². The van der Waals surface area contributed by atoms with E-state index in [9.17, 15) is 0 Å². The molecule has 29 heavy (non-hydrogen) atoms. The highest BCUT2D eigenvalue weighted by Crippen LogP contribution is 2.27. The van der Waals surface area contributed by atoms with Gasteiger partial charge in [-0.2, -0.15) is 0 Å². The van der Waals surface area contributed by atoms with E-state index in [0.717, 1.165) is 0 Å². The summed E-state index contributed by atoms with van der Waals surface area (Å²) >= 11 is 0. The van der Waals surface area contributed by atoms with Gasteiger partial charge in [0.25, 0.3) is 0 Å². The molecule has 0 aromatic heterocycles. The maximum Gasteiger partial charge on any atom is 0.105 e. The van der Waals surface area contributed by atoms with Crippen molar-refractivity contribution in [1.82, 2.24) is 4.90 Å². The summed E-state index contributed by atoms with van der Waals surface area (Å²) in [6.07, 6.45) is 26.1. The van der Waals surface area contributed by atoms with Crippen LogP contribution in [0.5, 0.6) is 0 Å². The first-order valence-corrected chi connectivity index (χ1v) is 12.6. The molecule has 2 heteroatoms. The second-order valence-electron chi connectivity index (χ2n) is 8.79. The summed E-state index contributed by atoms with van der Waals surface area (Å²) in [5, 5.41) is 0. The van der Waals surface area contributed by atoms with Gasteiger partial charge in [-0.3, -0.25) is 0 Å². The van der Waals surface area contributed by atoms with E-state index in [-0.39, 0.29) is 0 Å². The summed E-state index contributed by atoms with van der Waals surface area (Å²) in [7, 11) is 0. The Bertz CT molecular complexity index is 525. The van der Waals surface area contributed by atoms with Crippen LogP contribution in [0.4, 0.5) is 5.69 Å². The van der Waals surface area contributed by atoms with Crippen molar-refractivity contribution < 1.29 is 0 Å². The predicted octanol–water partition coefficient (Wildman–Crippen LogP) is 8.50. The number of hydrogen-bond donors (Lipinski definition) is 0. The SMILES string of the molecule is CCCCCCCCCCCCCCCN1C=CN(c2ccccc2)C1CCC. The third-order valence-electron chi connectivity index (χ3n) is 6.24. The molecule has 1 heterocycles. The number of hydrogen-bond acceptors (Lipinski definition) is 2. The standard InChI is InChI=1S/C27H46N2/c1-3-5-6-7-8-9-10-11-12-13-14-15-19-23-28-24-25-29(27(28)20-4-2)26-21-17-16-18-22-26/h16-18,21-22,24-25,27H,3-15,19-20,23H2,1-2H3. The van der Waals surface area contributed by atoms with Crippen molar-refractivity contribution in [3.63, 3.8) is 0 Å². The highest BCUT2D eigenvalue weighted by molar-refractivity contribution is 5.51. The second-order valence-corrected chi connectivity index (χ2v) is 8.79. The first kappa shape index (κ1) is 23.8. The second kappa shape index (κ2) is 15.4. The van der Waals surface area contributed by atoms with E-state index in [1.54, 1.807) is 0 Å². The average molecular weight is 399 g/mol. The molecule has 0 bridgehead atoms. The molecule has 1 aliphatic rings. The molecule has 1 unspecified atom stereocenters. The summed E-state index contributed by atoms with van der Waals surface area (Å²) < 4.78 is 0. The molecule has 2 nitrogen and oxygen atoms in total. The topological polar surface area (TPSA) is 6.48 Å². The molecular weight excluding hydrogens is 352 g/mol. The molecule has 0 aliphatic carbocycles. The Morgan fingerprint density at radius 2 is 1.17 bits per heavy atom. The third kappa shape index (κ3) is 9.28. The van der Waals surface area contributed by atoms with Gasteiger partial charge in [-0.15, -0.1) is 0 Å². The Morgan fingerprint density at radius 3 is 1.72 bits per heavy atom. The van der Waals surface area contributed by atoms with Crippen molar-refractivity contribution in [2.75, 3.05) is 11.4 Å². The molecule has 0 radical (unpaired) electrons. The van der Waals surface area contributed by atoms with Crippen molar-refractivity contribution in [3.8, 4) is 0 Å². The summed E-state index contributed by atoms with van der Waals surface area (Å²) in [5.41, 5.74) is 1.31. The van der Waals surface area contributed by atoms with Gasteiger partial charge in [-0.1, -0.05) is 116 Å². The highest BCUT2D eigenvalue weighted by atomic mass is 15.4. The van der Waals surface area contributed by atoms with Crippen LogP contribution in [0.15, 0.2) is 42.7 Å². The van der Waals surface area contributed by atoms with Crippen LogP contribution in [0.3, 0.4) is 0 Å². The number of anilines is 1. The Balaban J connectivity index is 1.51. The molecule has 0 saturated heterocycles. The maximum absolute atomic E-state index is 2.56. The lowest BCUT2D eigenvalue weighted by atomic mass is 10.0. The Kier molecular flexibility index (Phi) is 12.7. The smallest absolute Gasteiger partial charge is 0.105 e. The van der Waals surface area contributed by atoms with Gasteiger partial charge in [-0.05, 0) is 25.0 Å². The van der Waals surface area contributed by atoms with Gasteiger partial charge in [0.15, 0.2) is 0 Å². The van der Waals surface area contributed by atoms with Crippen LogP contribution in [0.1, 0.15) is 110 Å². The van der Waals surface area contributed by atoms with Gasteiger partial charge in [0.2, 0.25) is 0 Å². The van der Waals surface area contributed by atoms with Crippen LogP contribution in [0, 0.1) is 0 Å². The minimum absolute atomic E-state index is 0.500. The number of rotatable bonds is 17. The predicted molar refractivity (Wildman–Crippen MR) is 129 cm³/mol. The van der Waals surface area contributed by atoms with Gasteiger partial charge >= 0.3 is 0 Å². The quantitative estimate of drug-likeness (QED) is 0.243. The molecular formula is C27H46N2. The van der Waals surface area contributed by atoms with Crippen LogP contribution in [0.2, 0.25) is 0 Å². The molecule has 164 valence electrons. The Hall–Kier alpha value is -1.44. The van der Waals surface area contributed by atoms with Gasteiger partial charge in [-0.25, -0.2) is 0 Å². The van der Waals surface area contributed by atoms with Crippen molar-refractivity contribution in [3.05, 3.63) is 42.7 Å². The maximum atomic E-state index is 2.56. The van der Waals surface area contributed by atoms with E-state index >= 15 is 0 Å². The van der Waals surface area contributed by atoms with E-state index < -0.39 is 0 Å². The molecule has 0 saturated carbocycles. The fraction of sp³-hybridized carbons (Fsp3) is 0.704. The van der Waals surface area contributed by atoms with E-state index in [1.165, 1.54) is 109 Å². The fourth-order valence-corrected chi connectivity index (χ4v) is 4.47. The first-order valence-electron chi connectivity index (χ1n) is 12.6. The summed E-state index contributed by atoms with van der Waals surface area (Å²) in [6.45, 7) is 5.79. The van der Waals surface area contributed by atoms with Crippen molar-refractivity contribution >= 4 is 5.69 Å². The molecule has 1 aromatic rings. The van der Waals surface area contributed by atoms with Gasteiger partial charge in [0.1, 0.15) is 6.17 Å². The van der Waals surface area contributed by atoms with E-state index in [1.807, 2.05) is 0 Å². The molecule has 2 rings (SSSR count). The zero-order chi connectivity index (χ0) is 20.6. The fourth-order valence-electron chi connectivity index (χ4n) is 4.47. The van der Waals surface area contributed by atoms with Crippen LogP contribution < -0.4 is 4.90 Å². The molecule has 1 aliphatic heterocycles. The lowest BCUT2D eigenvalue weighted by molar-refractivity contribution is 0.277. The lowest BCUT2D eigenvalue weighted by Crippen LogP contribution is -2.39. The van der Waals surface area contributed by atoms with E-state index in [0.29, 0.717) is 6.17 Å². The average Bonchev–Trinajstić information content (AvgIpc) is 3.15. The zero-order valence-electron chi connectivity index (χ0n) is 19.3. The number of benzene rings is 1.